The summed E-state index contributed by atoms with van der Waals surface area (Å²) in [6, 6.07) is 1.33. The summed E-state index contributed by atoms with van der Waals surface area (Å²) in [6.45, 7) is 0.854. The average molecular weight is 360 g/mol. The second kappa shape index (κ2) is 6.08. The Balaban J connectivity index is 2.19. The van der Waals surface area contributed by atoms with Crippen LogP contribution in [0.15, 0.2) is 11.0 Å². The standard InChI is InChI=1S/C11H15Cl2NO4S2/c1-14(7-11(15)2-4-18-5-3-11)20(16,17)8-6-9(12)19-10(8)13/h6,15H,2-5,7H2,1H3. The van der Waals surface area contributed by atoms with Crippen molar-refractivity contribution < 1.29 is 18.3 Å². The zero-order chi connectivity index (χ0) is 15.0. The molecular weight excluding hydrogens is 345 g/mol. The summed E-state index contributed by atoms with van der Waals surface area (Å²) in [5.74, 6) is 0. The highest BCUT2D eigenvalue weighted by Gasteiger charge is 2.36. The third-order valence-electron chi connectivity index (χ3n) is 3.25. The molecule has 0 aliphatic carbocycles. The van der Waals surface area contributed by atoms with Gasteiger partial charge in [-0.25, -0.2) is 8.42 Å². The van der Waals surface area contributed by atoms with Gasteiger partial charge in [0.1, 0.15) is 9.23 Å². The molecular formula is C11H15Cl2NO4S2. The molecule has 0 unspecified atom stereocenters. The van der Waals surface area contributed by atoms with Gasteiger partial charge < -0.3 is 9.84 Å². The van der Waals surface area contributed by atoms with E-state index >= 15 is 0 Å². The number of ether oxygens (including phenoxy) is 1. The number of hydrogen-bond acceptors (Lipinski definition) is 5. The van der Waals surface area contributed by atoms with E-state index in [2.05, 4.69) is 0 Å². The molecule has 1 fully saturated rings. The lowest BCUT2D eigenvalue weighted by atomic mass is 9.95. The van der Waals surface area contributed by atoms with E-state index in [9.17, 15) is 13.5 Å². The zero-order valence-electron chi connectivity index (χ0n) is 10.8. The predicted molar refractivity (Wildman–Crippen MR) is 79.2 cm³/mol. The molecule has 5 nitrogen and oxygen atoms in total. The molecule has 114 valence electrons. The number of likely N-dealkylation sites (N-methyl/N-ethyl adjacent to an activating group) is 1. The Hall–Kier alpha value is 0.110. The van der Waals surface area contributed by atoms with E-state index in [1.165, 1.54) is 13.1 Å². The van der Waals surface area contributed by atoms with E-state index in [-0.39, 0.29) is 15.8 Å². The summed E-state index contributed by atoms with van der Waals surface area (Å²) < 4.78 is 31.6. The molecule has 0 radical (unpaired) electrons. The quantitative estimate of drug-likeness (QED) is 0.894. The third kappa shape index (κ3) is 3.47. The molecule has 20 heavy (non-hydrogen) atoms. The fourth-order valence-corrected chi connectivity index (χ4v) is 5.44. The SMILES string of the molecule is CN(CC1(O)CCOCC1)S(=O)(=O)c1cc(Cl)sc1Cl. The van der Waals surface area contributed by atoms with Gasteiger partial charge in [-0.3, -0.25) is 0 Å². The lowest BCUT2D eigenvalue weighted by molar-refractivity contribution is -0.0689. The first-order valence-electron chi connectivity index (χ1n) is 5.96. The second-order valence-corrected chi connectivity index (χ2v) is 9.09. The third-order valence-corrected chi connectivity index (χ3v) is 6.81. The van der Waals surface area contributed by atoms with Crippen LogP contribution >= 0.6 is 34.5 Å². The minimum atomic E-state index is -3.76. The van der Waals surface area contributed by atoms with Crippen molar-refractivity contribution in [2.24, 2.45) is 0 Å². The first kappa shape index (κ1) is 16.5. The van der Waals surface area contributed by atoms with Crippen LogP contribution in [-0.4, -0.2) is 50.2 Å². The van der Waals surface area contributed by atoms with Crippen LogP contribution in [0.25, 0.3) is 0 Å². The van der Waals surface area contributed by atoms with Crippen LogP contribution < -0.4 is 0 Å². The van der Waals surface area contributed by atoms with E-state index in [0.717, 1.165) is 15.6 Å². The fourth-order valence-electron chi connectivity index (χ4n) is 2.08. The highest BCUT2D eigenvalue weighted by atomic mass is 35.5. The van der Waals surface area contributed by atoms with Crippen molar-refractivity contribution in [1.29, 1.82) is 0 Å². The van der Waals surface area contributed by atoms with Crippen LogP contribution in [-0.2, 0) is 14.8 Å². The molecule has 0 amide bonds. The zero-order valence-corrected chi connectivity index (χ0v) is 13.9. The molecule has 0 aromatic carbocycles. The molecule has 2 rings (SSSR count). The number of nitrogens with zero attached hydrogens (tertiary/aromatic N) is 1. The van der Waals surface area contributed by atoms with Crippen LogP contribution in [0.5, 0.6) is 0 Å². The van der Waals surface area contributed by atoms with Gasteiger partial charge in [0.2, 0.25) is 10.0 Å². The molecule has 1 aliphatic rings. The predicted octanol–water partition coefficient (Wildman–Crippen LogP) is 2.22. The van der Waals surface area contributed by atoms with Gasteiger partial charge in [0.15, 0.2) is 0 Å². The highest BCUT2D eigenvalue weighted by Crippen LogP contribution is 2.36. The maximum atomic E-state index is 12.4. The number of thiophene rings is 1. The Morgan fingerprint density at radius 2 is 2.05 bits per heavy atom. The first-order valence-corrected chi connectivity index (χ1v) is 8.97. The van der Waals surface area contributed by atoms with Crippen molar-refractivity contribution >= 4 is 44.6 Å². The van der Waals surface area contributed by atoms with E-state index in [0.29, 0.717) is 30.4 Å². The van der Waals surface area contributed by atoms with E-state index < -0.39 is 15.6 Å². The summed E-state index contributed by atoms with van der Waals surface area (Å²) in [5, 5.41) is 10.4. The van der Waals surface area contributed by atoms with Gasteiger partial charge in [0.25, 0.3) is 0 Å². The van der Waals surface area contributed by atoms with Gasteiger partial charge in [0.05, 0.1) is 9.94 Å². The molecule has 2 heterocycles. The second-order valence-electron chi connectivity index (χ2n) is 4.79. The number of aliphatic hydroxyl groups is 1. The van der Waals surface area contributed by atoms with E-state index in [4.69, 9.17) is 27.9 Å². The van der Waals surface area contributed by atoms with Gasteiger partial charge >= 0.3 is 0 Å². The van der Waals surface area contributed by atoms with Gasteiger partial charge in [-0.15, -0.1) is 11.3 Å². The summed E-state index contributed by atoms with van der Waals surface area (Å²) in [4.78, 5) is -0.0210. The molecule has 1 aromatic rings. The summed E-state index contributed by atoms with van der Waals surface area (Å²) in [6.07, 6.45) is 0.815. The van der Waals surface area contributed by atoms with Crippen LogP contribution in [0.3, 0.4) is 0 Å². The molecule has 9 heteroatoms. The maximum absolute atomic E-state index is 12.4. The minimum Gasteiger partial charge on any atom is -0.388 e. The normalized spacial score (nSPS) is 19.4. The fraction of sp³-hybridized carbons (Fsp3) is 0.636. The van der Waals surface area contributed by atoms with Crippen molar-refractivity contribution in [3.8, 4) is 0 Å². The Bertz CT molecular complexity index is 581. The number of halogens is 2. The molecule has 1 saturated heterocycles. The monoisotopic (exact) mass is 359 g/mol. The van der Waals surface area contributed by atoms with Crippen molar-refractivity contribution in [3.05, 3.63) is 14.7 Å². The van der Waals surface area contributed by atoms with Crippen molar-refractivity contribution in [2.45, 2.75) is 23.3 Å². The van der Waals surface area contributed by atoms with Crippen LogP contribution in [0.2, 0.25) is 8.67 Å². The molecule has 1 aliphatic heterocycles. The largest absolute Gasteiger partial charge is 0.388 e. The average Bonchev–Trinajstić information content (AvgIpc) is 2.69. The van der Waals surface area contributed by atoms with Crippen molar-refractivity contribution in [3.63, 3.8) is 0 Å². The van der Waals surface area contributed by atoms with Gasteiger partial charge in [0, 0.05) is 39.6 Å². The van der Waals surface area contributed by atoms with Gasteiger partial charge in [-0.05, 0) is 6.07 Å². The lowest BCUT2D eigenvalue weighted by Gasteiger charge is -2.34. The Morgan fingerprint density at radius 3 is 2.55 bits per heavy atom. The van der Waals surface area contributed by atoms with Crippen LogP contribution in [0, 0.1) is 0 Å². The van der Waals surface area contributed by atoms with E-state index in [1.807, 2.05) is 0 Å². The first-order chi connectivity index (χ1) is 9.24. The van der Waals surface area contributed by atoms with Crippen molar-refractivity contribution in [2.75, 3.05) is 26.8 Å². The number of sulfonamides is 1. The molecule has 0 saturated carbocycles. The maximum Gasteiger partial charge on any atom is 0.245 e. The topological polar surface area (TPSA) is 66.8 Å². The van der Waals surface area contributed by atoms with Crippen LogP contribution in [0.1, 0.15) is 12.8 Å². The Kier molecular flexibility index (Phi) is 5.01. The number of hydrogen-bond donors (Lipinski definition) is 1. The molecule has 0 bridgehead atoms. The highest BCUT2D eigenvalue weighted by molar-refractivity contribution is 7.89. The van der Waals surface area contributed by atoms with E-state index in [1.54, 1.807) is 0 Å². The lowest BCUT2D eigenvalue weighted by Crippen LogP contribution is -2.47. The molecule has 1 N–H and O–H groups in total. The summed E-state index contributed by atoms with van der Waals surface area (Å²) in [5.41, 5.74) is -1.06. The van der Waals surface area contributed by atoms with Crippen molar-refractivity contribution in [1.82, 2.24) is 4.31 Å². The molecule has 0 atom stereocenters. The van der Waals surface area contributed by atoms with Gasteiger partial charge in [-0.1, -0.05) is 23.2 Å². The minimum absolute atomic E-state index is 0.00247. The molecule has 1 aromatic heterocycles. The summed E-state index contributed by atoms with van der Waals surface area (Å²) in [7, 11) is -2.34. The number of rotatable bonds is 4. The van der Waals surface area contributed by atoms with Crippen LogP contribution in [0.4, 0.5) is 0 Å². The smallest absolute Gasteiger partial charge is 0.245 e. The Labute approximate surface area is 132 Å². The van der Waals surface area contributed by atoms with Gasteiger partial charge in [-0.2, -0.15) is 4.31 Å². The summed E-state index contributed by atoms with van der Waals surface area (Å²) >= 11 is 12.7. The Morgan fingerprint density at radius 1 is 1.45 bits per heavy atom. The molecule has 0 spiro atoms.